The van der Waals surface area contributed by atoms with Gasteiger partial charge in [-0.15, -0.1) is 0 Å². The lowest BCUT2D eigenvalue weighted by Crippen LogP contribution is -2.46. The van der Waals surface area contributed by atoms with Gasteiger partial charge in [0.25, 0.3) is 5.91 Å². The number of fused-ring (bicyclic) bond motifs is 1. The molecule has 0 aliphatic carbocycles. The van der Waals surface area contributed by atoms with Crippen LogP contribution in [0.3, 0.4) is 0 Å². The highest BCUT2D eigenvalue weighted by molar-refractivity contribution is 5.95. The molecular weight excluding hydrogens is 356 g/mol. The van der Waals surface area contributed by atoms with Crippen LogP contribution in [-0.4, -0.2) is 45.4 Å². The van der Waals surface area contributed by atoms with E-state index >= 15 is 0 Å². The quantitative estimate of drug-likeness (QED) is 0.667. The van der Waals surface area contributed by atoms with Crippen LogP contribution in [-0.2, 0) is 11.3 Å². The molecule has 0 radical (unpaired) electrons. The van der Waals surface area contributed by atoms with Gasteiger partial charge in [0.05, 0.1) is 17.3 Å². The van der Waals surface area contributed by atoms with Gasteiger partial charge < -0.3 is 19.2 Å². The molecule has 0 saturated carbocycles. The van der Waals surface area contributed by atoms with E-state index in [2.05, 4.69) is 20.9 Å². The van der Waals surface area contributed by atoms with Crippen molar-refractivity contribution in [3.05, 3.63) is 54.2 Å². The van der Waals surface area contributed by atoms with Crippen molar-refractivity contribution in [2.75, 3.05) is 13.1 Å². The van der Waals surface area contributed by atoms with Gasteiger partial charge in [0.15, 0.2) is 5.76 Å². The van der Waals surface area contributed by atoms with Crippen molar-refractivity contribution in [3.8, 4) is 0 Å². The highest BCUT2D eigenvalue weighted by Crippen LogP contribution is 2.21. The molecule has 1 atom stereocenters. The fourth-order valence-electron chi connectivity index (χ4n) is 3.87. The number of nitrogens with zero attached hydrogens (tertiary/aromatic N) is 3. The number of aryl methyl sites for hydroxylation is 2. The zero-order valence-electron chi connectivity index (χ0n) is 15.9. The maximum Gasteiger partial charge on any atom is 0.290 e. The van der Waals surface area contributed by atoms with E-state index in [1.54, 1.807) is 17.0 Å². The summed E-state index contributed by atoms with van der Waals surface area (Å²) in [6.45, 7) is 3.92. The molecule has 1 aliphatic heterocycles. The molecule has 146 valence electrons. The molecule has 0 spiro atoms. The first kappa shape index (κ1) is 18.3. The number of amides is 2. The van der Waals surface area contributed by atoms with Gasteiger partial charge in [0.2, 0.25) is 5.91 Å². The number of hydrogen-bond acceptors (Lipinski definition) is 4. The van der Waals surface area contributed by atoms with Crippen molar-refractivity contribution in [2.24, 2.45) is 0 Å². The largest absolute Gasteiger partial charge is 0.459 e. The third-order valence-corrected chi connectivity index (χ3v) is 5.25. The first-order valence-corrected chi connectivity index (χ1v) is 9.69. The summed E-state index contributed by atoms with van der Waals surface area (Å²) in [6, 6.07) is 10.9. The van der Waals surface area contributed by atoms with Crippen LogP contribution in [0.15, 0.2) is 47.1 Å². The Morgan fingerprint density at radius 1 is 1.25 bits per heavy atom. The highest BCUT2D eigenvalue weighted by Gasteiger charge is 2.35. The number of aromatic nitrogens is 2. The van der Waals surface area contributed by atoms with Crippen molar-refractivity contribution in [1.29, 1.82) is 0 Å². The molecule has 7 heteroatoms. The first-order chi connectivity index (χ1) is 13.6. The van der Waals surface area contributed by atoms with E-state index in [9.17, 15) is 9.59 Å². The highest BCUT2D eigenvalue weighted by atomic mass is 16.3. The summed E-state index contributed by atoms with van der Waals surface area (Å²) in [5.41, 5.74) is 2.10. The zero-order chi connectivity index (χ0) is 19.5. The molecule has 2 aromatic heterocycles. The van der Waals surface area contributed by atoms with Crippen molar-refractivity contribution < 1.29 is 14.0 Å². The van der Waals surface area contributed by atoms with E-state index in [1.807, 2.05) is 25.1 Å². The predicted octanol–water partition coefficient (Wildman–Crippen LogP) is 2.75. The minimum atomic E-state index is -0.423. The molecule has 2 amide bonds. The van der Waals surface area contributed by atoms with Crippen LogP contribution in [0.1, 0.15) is 35.6 Å². The van der Waals surface area contributed by atoms with Gasteiger partial charge in [-0.25, -0.2) is 4.98 Å². The second-order valence-corrected chi connectivity index (χ2v) is 7.08. The Balaban J connectivity index is 1.31. The number of rotatable bonds is 6. The fraction of sp³-hybridized carbons (Fsp3) is 0.381. The number of carbonyl (C=O) groups excluding carboxylic acids is 2. The lowest BCUT2D eigenvalue weighted by atomic mass is 10.2. The maximum atomic E-state index is 12.6. The summed E-state index contributed by atoms with van der Waals surface area (Å²) < 4.78 is 7.36. The summed E-state index contributed by atoms with van der Waals surface area (Å²) in [6.07, 6.45) is 3.78. The topological polar surface area (TPSA) is 80.4 Å². The Hall–Kier alpha value is -3.09. The van der Waals surface area contributed by atoms with Crippen molar-refractivity contribution in [1.82, 2.24) is 19.8 Å². The lowest BCUT2D eigenvalue weighted by Gasteiger charge is -2.23. The molecule has 3 heterocycles. The maximum absolute atomic E-state index is 12.6. The van der Waals surface area contributed by atoms with E-state index in [0.717, 1.165) is 36.2 Å². The van der Waals surface area contributed by atoms with E-state index in [-0.39, 0.29) is 17.6 Å². The molecule has 0 bridgehead atoms. The van der Waals surface area contributed by atoms with E-state index in [1.165, 1.54) is 6.26 Å². The molecular formula is C21H24N4O3. The fourth-order valence-corrected chi connectivity index (χ4v) is 3.87. The first-order valence-electron chi connectivity index (χ1n) is 9.69. The third kappa shape index (κ3) is 3.52. The second kappa shape index (κ2) is 7.88. The average Bonchev–Trinajstić information content (AvgIpc) is 3.44. The number of para-hydroxylation sites is 2. The number of likely N-dealkylation sites (tertiary alicyclic amines) is 1. The number of benzene rings is 1. The molecule has 1 aromatic carbocycles. The summed E-state index contributed by atoms with van der Waals surface area (Å²) >= 11 is 0. The molecule has 4 rings (SSSR count). The van der Waals surface area contributed by atoms with Crippen LogP contribution in [0.5, 0.6) is 0 Å². The van der Waals surface area contributed by atoms with Crippen molar-refractivity contribution in [3.63, 3.8) is 0 Å². The standard InChI is InChI=1S/C21H24N4O3/c1-15-23-16-7-2-3-8-17(16)24(15)13-6-11-22-20(26)18-9-4-12-25(18)21(27)19-10-5-14-28-19/h2-3,5,7-8,10,14,18H,4,6,9,11-13H2,1H3,(H,22,26). The van der Waals surface area contributed by atoms with Crippen LogP contribution < -0.4 is 5.32 Å². The summed E-state index contributed by atoms with van der Waals surface area (Å²) in [7, 11) is 0. The average molecular weight is 380 g/mol. The van der Waals surface area contributed by atoms with Gasteiger partial charge in [0, 0.05) is 19.6 Å². The minimum Gasteiger partial charge on any atom is -0.459 e. The van der Waals surface area contributed by atoms with Gasteiger partial charge in [-0.1, -0.05) is 12.1 Å². The Kier molecular flexibility index (Phi) is 5.14. The molecule has 7 nitrogen and oxygen atoms in total. The molecule has 1 aliphatic rings. The molecule has 1 unspecified atom stereocenters. The Morgan fingerprint density at radius 3 is 2.93 bits per heavy atom. The van der Waals surface area contributed by atoms with Crippen LogP contribution >= 0.6 is 0 Å². The van der Waals surface area contributed by atoms with Crippen LogP contribution in [0.4, 0.5) is 0 Å². The lowest BCUT2D eigenvalue weighted by molar-refractivity contribution is -0.124. The second-order valence-electron chi connectivity index (χ2n) is 7.08. The van der Waals surface area contributed by atoms with Crippen molar-refractivity contribution in [2.45, 2.75) is 38.8 Å². The van der Waals surface area contributed by atoms with Gasteiger partial charge >= 0.3 is 0 Å². The third-order valence-electron chi connectivity index (χ3n) is 5.25. The van der Waals surface area contributed by atoms with Crippen LogP contribution in [0.2, 0.25) is 0 Å². The molecule has 28 heavy (non-hydrogen) atoms. The summed E-state index contributed by atoms with van der Waals surface area (Å²) in [5.74, 6) is 0.938. The van der Waals surface area contributed by atoms with E-state index in [0.29, 0.717) is 19.5 Å². The van der Waals surface area contributed by atoms with Gasteiger partial charge in [-0.3, -0.25) is 9.59 Å². The Bertz CT molecular complexity index is 977. The number of nitrogens with one attached hydrogen (secondary N) is 1. The monoisotopic (exact) mass is 380 g/mol. The number of furan rings is 1. The van der Waals surface area contributed by atoms with Crippen LogP contribution in [0, 0.1) is 6.92 Å². The zero-order valence-corrected chi connectivity index (χ0v) is 15.9. The van der Waals surface area contributed by atoms with E-state index in [4.69, 9.17) is 4.42 Å². The number of carbonyl (C=O) groups is 2. The smallest absolute Gasteiger partial charge is 0.290 e. The SMILES string of the molecule is Cc1nc2ccccc2n1CCCNC(=O)C1CCCN1C(=O)c1ccco1. The molecule has 1 fully saturated rings. The van der Waals surface area contributed by atoms with Crippen molar-refractivity contribution >= 4 is 22.8 Å². The Morgan fingerprint density at radius 2 is 2.11 bits per heavy atom. The van der Waals surface area contributed by atoms with E-state index < -0.39 is 6.04 Å². The molecule has 3 aromatic rings. The Labute approximate surface area is 163 Å². The summed E-state index contributed by atoms with van der Waals surface area (Å²) in [4.78, 5) is 31.3. The number of imidazole rings is 1. The van der Waals surface area contributed by atoms with Gasteiger partial charge in [0.1, 0.15) is 11.9 Å². The minimum absolute atomic E-state index is 0.0929. The summed E-state index contributed by atoms with van der Waals surface area (Å²) in [5, 5.41) is 2.99. The van der Waals surface area contributed by atoms with Gasteiger partial charge in [-0.05, 0) is 50.5 Å². The predicted molar refractivity (Wildman–Crippen MR) is 105 cm³/mol. The number of hydrogen-bond donors (Lipinski definition) is 1. The normalized spacial score (nSPS) is 16.6. The molecule has 1 saturated heterocycles. The van der Waals surface area contributed by atoms with Crippen LogP contribution in [0.25, 0.3) is 11.0 Å². The molecule has 1 N–H and O–H groups in total. The van der Waals surface area contributed by atoms with Gasteiger partial charge in [-0.2, -0.15) is 0 Å².